The number of rotatable bonds is 9. The highest BCUT2D eigenvalue weighted by molar-refractivity contribution is 6.00. The Morgan fingerprint density at radius 1 is 0.850 bits per heavy atom. The van der Waals surface area contributed by atoms with E-state index in [1.54, 1.807) is 62.8 Å². The summed E-state index contributed by atoms with van der Waals surface area (Å²) in [4.78, 5) is 24.0. The number of morpholine rings is 1. The molecule has 11 nitrogen and oxygen atoms in total. The van der Waals surface area contributed by atoms with Gasteiger partial charge in [0.2, 0.25) is 11.8 Å². The van der Waals surface area contributed by atoms with Crippen molar-refractivity contribution in [1.29, 1.82) is 0 Å². The van der Waals surface area contributed by atoms with Crippen LogP contribution in [-0.4, -0.2) is 56.5 Å². The highest BCUT2D eigenvalue weighted by atomic mass is 16.5. The molecule has 1 aromatic heterocycles. The predicted octanol–water partition coefficient (Wildman–Crippen LogP) is 5.51. The Morgan fingerprint density at radius 3 is 2.30 bits per heavy atom. The minimum Gasteiger partial charge on any atom is -0.497 e. The van der Waals surface area contributed by atoms with E-state index in [0.717, 1.165) is 37.7 Å². The van der Waals surface area contributed by atoms with E-state index in [0.29, 0.717) is 28.9 Å². The van der Waals surface area contributed by atoms with E-state index in [1.165, 1.54) is 6.20 Å². The smallest absolute Gasteiger partial charge is 0.323 e. The SMILES string of the molecule is COc1ccc(Oc2nc(Nc3ccc(N4CCOCC4)cc3)ncc2NC(=O)Nc2cccc(OC)c2)cc1. The van der Waals surface area contributed by atoms with Crippen LogP contribution < -0.4 is 35.1 Å². The first-order chi connectivity index (χ1) is 19.6. The summed E-state index contributed by atoms with van der Waals surface area (Å²) in [6.07, 6.45) is 1.49. The Bertz CT molecular complexity index is 1430. The molecule has 0 atom stereocenters. The highest BCUT2D eigenvalue weighted by Crippen LogP contribution is 2.30. The summed E-state index contributed by atoms with van der Waals surface area (Å²) in [7, 11) is 3.15. The first kappa shape index (κ1) is 26.6. The minimum absolute atomic E-state index is 0.161. The van der Waals surface area contributed by atoms with Crippen molar-refractivity contribution in [2.45, 2.75) is 0 Å². The van der Waals surface area contributed by atoms with Crippen molar-refractivity contribution in [2.75, 3.05) is 61.4 Å². The molecule has 0 radical (unpaired) electrons. The average molecular weight is 543 g/mol. The summed E-state index contributed by atoms with van der Waals surface area (Å²) in [5.41, 5.74) is 2.78. The molecule has 4 aromatic rings. The fraction of sp³-hybridized carbons (Fsp3) is 0.207. The van der Waals surface area contributed by atoms with Crippen LogP contribution in [0.4, 0.5) is 33.5 Å². The number of benzene rings is 3. The molecule has 1 saturated heterocycles. The average Bonchev–Trinajstić information content (AvgIpc) is 3.00. The molecule has 40 heavy (non-hydrogen) atoms. The van der Waals surface area contributed by atoms with E-state index < -0.39 is 6.03 Å². The van der Waals surface area contributed by atoms with Gasteiger partial charge in [0.1, 0.15) is 22.9 Å². The van der Waals surface area contributed by atoms with Crippen LogP contribution in [0.1, 0.15) is 0 Å². The van der Waals surface area contributed by atoms with Gasteiger partial charge in [0.05, 0.1) is 33.6 Å². The van der Waals surface area contributed by atoms with Gasteiger partial charge in [-0.25, -0.2) is 9.78 Å². The molecular weight excluding hydrogens is 512 g/mol. The highest BCUT2D eigenvalue weighted by Gasteiger charge is 2.15. The van der Waals surface area contributed by atoms with Gasteiger partial charge in [0, 0.05) is 36.2 Å². The van der Waals surface area contributed by atoms with Crippen molar-refractivity contribution >= 4 is 34.7 Å². The summed E-state index contributed by atoms with van der Waals surface area (Å²) >= 11 is 0. The predicted molar refractivity (Wildman–Crippen MR) is 153 cm³/mol. The van der Waals surface area contributed by atoms with Gasteiger partial charge in [-0.1, -0.05) is 6.07 Å². The lowest BCUT2D eigenvalue weighted by Gasteiger charge is -2.28. The number of amides is 2. The van der Waals surface area contributed by atoms with Gasteiger partial charge in [-0.3, -0.25) is 0 Å². The van der Waals surface area contributed by atoms with Crippen LogP contribution in [0.3, 0.4) is 0 Å². The summed E-state index contributed by atoms with van der Waals surface area (Å²) in [6, 6.07) is 21.6. The molecule has 0 saturated carbocycles. The fourth-order valence-electron chi connectivity index (χ4n) is 4.04. The third kappa shape index (κ3) is 6.88. The van der Waals surface area contributed by atoms with Crippen molar-refractivity contribution in [3.05, 3.63) is 79.0 Å². The molecule has 0 unspecified atom stereocenters. The molecule has 2 amide bonds. The first-order valence-electron chi connectivity index (χ1n) is 12.7. The van der Waals surface area contributed by atoms with E-state index in [2.05, 4.69) is 30.8 Å². The Morgan fingerprint density at radius 2 is 1.57 bits per heavy atom. The molecule has 0 bridgehead atoms. The Hall–Kier alpha value is -5.03. The number of ether oxygens (including phenoxy) is 4. The lowest BCUT2D eigenvalue weighted by Crippen LogP contribution is -2.36. The van der Waals surface area contributed by atoms with Crippen molar-refractivity contribution in [1.82, 2.24) is 9.97 Å². The second kappa shape index (κ2) is 12.7. The third-order valence-electron chi connectivity index (χ3n) is 6.10. The van der Waals surface area contributed by atoms with Gasteiger partial charge < -0.3 is 39.8 Å². The number of aromatic nitrogens is 2. The fourth-order valence-corrected chi connectivity index (χ4v) is 4.04. The lowest BCUT2D eigenvalue weighted by molar-refractivity contribution is 0.122. The zero-order valence-corrected chi connectivity index (χ0v) is 22.2. The van der Waals surface area contributed by atoms with Gasteiger partial charge in [-0.05, 0) is 60.7 Å². The van der Waals surface area contributed by atoms with Crippen molar-refractivity contribution in [3.8, 4) is 23.1 Å². The van der Waals surface area contributed by atoms with Crippen LogP contribution in [0, 0.1) is 0 Å². The maximum Gasteiger partial charge on any atom is 0.323 e. The maximum atomic E-state index is 12.8. The van der Waals surface area contributed by atoms with Gasteiger partial charge >= 0.3 is 6.03 Å². The number of nitrogens with one attached hydrogen (secondary N) is 3. The Labute approximate surface area is 232 Å². The molecule has 206 valence electrons. The summed E-state index contributed by atoms with van der Waals surface area (Å²) in [5.74, 6) is 2.29. The molecule has 11 heteroatoms. The van der Waals surface area contributed by atoms with Gasteiger partial charge in [0.15, 0.2) is 0 Å². The molecule has 0 spiro atoms. The van der Waals surface area contributed by atoms with Crippen LogP contribution in [-0.2, 0) is 4.74 Å². The number of carbonyl (C=O) groups excluding carboxylic acids is 1. The van der Waals surface area contributed by atoms with E-state index in [1.807, 2.05) is 24.3 Å². The number of carbonyl (C=O) groups is 1. The van der Waals surface area contributed by atoms with E-state index in [4.69, 9.17) is 18.9 Å². The van der Waals surface area contributed by atoms with Crippen LogP contribution in [0.2, 0.25) is 0 Å². The van der Waals surface area contributed by atoms with Crippen LogP contribution in [0.15, 0.2) is 79.0 Å². The molecule has 3 aromatic carbocycles. The molecule has 3 N–H and O–H groups in total. The minimum atomic E-state index is -0.490. The molecule has 1 aliphatic heterocycles. The zero-order chi connectivity index (χ0) is 27.7. The second-order valence-corrected chi connectivity index (χ2v) is 8.77. The van der Waals surface area contributed by atoms with Crippen molar-refractivity contribution < 1.29 is 23.7 Å². The summed E-state index contributed by atoms with van der Waals surface area (Å²) in [5, 5.41) is 8.74. The quantitative estimate of drug-likeness (QED) is 0.251. The standard InChI is InChI=1S/C29H30N6O5/c1-37-23-10-12-24(13-11-23)40-27-26(33-29(36)32-21-4-3-5-25(18-21)38-2)19-30-28(34-27)31-20-6-8-22(9-7-20)35-14-16-39-17-15-35/h3-13,18-19H,14-17H2,1-2H3,(H,30,31,34)(H2,32,33,36). The number of hydrogen-bond acceptors (Lipinski definition) is 9. The lowest BCUT2D eigenvalue weighted by atomic mass is 10.2. The molecule has 0 aliphatic carbocycles. The third-order valence-corrected chi connectivity index (χ3v) is 6.10. The number of urea groups is 1. The molecular formula is C29H30N6O5. The Kier molecular flexibility index (Phi) is 8.42. The number of hydrogen-bond donors (Lipinski definition) is 3. The summed E-state index contributed by atoms with van der Waals surface area (Å²) < 4.78 is 21.9. The maximum absolute atomic E-state index is 12.8. The van der Waals surface area contributed by atoms with E-state index in [9.17, 15) is 4.79 Å². The normalized spacial score (nSPS) is 12.8. The topological polar surface area (TPSA) is 119 Å². The monoisotopic (exact) mass is 542 g/mol. The molecule has 2 heterocycles. The zero-order valence-electron chi connectivity index (χ0n) is 22.2. The molecule has 1 fully saturated rings. The Balaban J connectivity index is 1.34. The van der Waals surface area contributed by atoms with E-state index in [-0.39, 0.29) is 11.6 Å². The van der Waals surface area contributed by atoms with Crippen molar-refractivity contribution in [2.24, 2.45) is 0 Å². The van der Waals surface area contributed by atoms with Gasteiger partial charge in [-0.2, -0.15) is 4.98 Å². The van der Waals surface area contributed by atoms with Gasteiger partial charge in [-0.15, -0.1) is 0 Å². The van der Waals surface area contributed by atoms with Gasteiger partial charge in [0.25, 0.3) is 0 Å². The molecule has 5 rings (SSSR count). The number of anilines is 5. The first-order valence-corrected chi connectivity index (χ1v) is 12.7. The number of methoxy groups -OCH3 is 2. The summed E-state index contributed by atoms with van der Waals surface area (Å²) in [6.45, 7) is 3.18. The molecule has 1 aliphatic rings. The van der Waals surface area contributed by atoms with Crippen molar-refractivity contribution in [3.63, 3.8) is 0 Å². The van der Waals surface area contributed by atoms with Crippen LogP contribution >= 0.6 is 0 Å². The van der Waals surface area contributed by atoms with E-state index >= 15 is 0 Å². The number of nitrogens with zero attached hydrogens (tertiary/aromatic N) is 3. The second-order valence-electron chi connectivity index (χ2n) is 8.77. The van der Waals surface area contributed by atoms with Crippen LogP contribution in [0.5, 0.6) is 23.1 Å². The largest absolute Gasteiger partial charge is 0.497 e. The van der Waals surface area contributed by atoms with Crippen LogP contribution in [0.25, 0.3) is 0 Å².